The Labute approximate surface area is 109 Å². The van der Waals surface area contributed by atoms with Gasteiger partial charge in [-0.3, -0.25) is 4.90 Å². The molecule has 1 unspecified atom stereocenters. The second-order valence-corrected chi connectivity index (χ2v) is 5.42. The molecule has 2 rings (SSSR count). The van der Waals surface area contributed by atoms with Gasteiger partial charge in [0.05, 0.1) is 5.69 Å². The molecular weight excluding hydrogens is 226 g/mol. The minimum absolute atomic E-state index is 0.171. The molecule has 1 fully saturated rings. The third-order valence-corrected chi connectivity index (χ3v) is 3.55. The van der Waals surface area contributed by atoms with Gasteiger partial charge in [-0.15, -0.1) is 0 Å². The topological polar surface area (TPSA) is 52.7 Å². The molecule has 1 heterocycles. The van der Waals surface area contributed by atoms with Crippen molar-refractivity contribution >= 4 is 5.69 Å². The van der Waals surface area contributed by atoms with Gasteiger partial charge >= 0.3 is 0 Å². The van der Waals surface area contributed by atoms with Crippen LogP contribution in [-0.2, 0) is 6.54 Å². The summed E-state index contributed by atoms with van der Waals surface area (Å²) in [6.07, 6.45) is 2.54. The molecule has 1 atom stereocenters. The zero-order valence-electron chi connectivity index (χ0n) is 11.3. The zero-order chi connectivity index (χ0) is 13.1. The highest BCUT2D eigenvalue weighted by Crippen LogP contribution is 2.24. The summed E-state index contributed by atoms with van der Waals surface area (Å²) >= 11 is 0. The monoisotopic (exact) mass is 249 g/mol. The second-order valence-electron chi connectivity index (χ2n) is 5.42. The van der Waals surface area contributed by atoms with Gasteiger partial charge < -0.3 is 15.7 Å². The smallest absolute Gasteiger partial charge is 0.138 e. The largest absolute Gasteiger partial charge is 0.506 e. The number of nitrogen functional groups attached to an aromatic ring is 1. The maximum atomic E-state index is 9.43. The van der Waals surface area contributed by atoms with E-state index in [-0.39, 0.29) is 5.75 Å². The summed E-state index contributed by atoms with van der Waals surface area (Å²) < 4.78 is 0. The van der Waals surface area contributed by atoms with Crippen molar-refractivity contribution < 1.29 is 5.11 Å². The summed E-state index contributed by atoms with van der Waals surface area (Å²) in [7, 11) is 4.24. The van der Waals surface area contributed by atoms with Crippen molar-refractivity contribution in [3.05, 3.63) is 23.8 Å². The minimum atomic E-state index is 0.171. The number of rotatable bonds is 4. The van der Waals surface area contributed by atoms with E-state index in [0.29, 0.717) is 11.7 Å². The van der Waals surface area contributed by atoms with Crippen molar-refractivity contribution in [2.24, 2.45) is 0 Å². The van der Waals surface area contributed by atoms with E-state index in [4.69, 9.17) is 5.73 Å². The van der Waals surface area contributed by atoms with Crippen LogP contribution in [-0.4, -0.2) is 48.1 Å². The van der Waals surface area contributed by atoms with E-state index in [1.54, 1.807) is 6.07 Å². The predicted molar refractivity (Wildman–Crippen MR) is 74.5 cm³/mol. The van der Waals surface area contributed by atoms with E-state index in [9.17, 15) is 5.11 Å². The fraction of sp³-hybridized carbons (Fsp3) is 0.571. The lowest BCUT2D eigenvalue weighted by Gasteiger charge is -2.27. The molecule has 0 aromatic heterocycles. The van der Waals surface area contributed by atoms with Crippen LogP contribution in [0.5, 0.6) is 5.75 Å². The number of nitrogens with zero attached hydrogens (tertiary/aromatic N) is 2. The molecule has 1 saturated heterocycles. The van der Waals surface area contributed by atoms with Crippen LogP contribution in [0.4, 0.5) is 5.69 Å². The molecule has 1 aliphatic rings. The van der Waals surface area contributed by atoms with Crippen LogP contribution in [0, 0.1) is 0 Å². The van der Waals surface area contributed by atoms with E-state index in [0.717, 1.165) is 19.6 Å². The lowest BCUT2D eigenvalue weighted by Crippen LogP contribution is -2.37. The zero-order valence-corrected chi connectivity index (χ0v) is 11.3. The predicted octanol–water partition coefficient (Wildman–Crippen LogP) is 1.50. The van der Waals surface area contributed by atoms with Gasteiger partial charge in [-0.1, -0.05) is 6.07 Å². The van der Waals surface area contributed by atoms with Crippen molar-refractivity contribution in [2.75, 3.05) is 32.9 Å². The molecule has 100 valence electrons. The first-order chi connectivity index (χ1) is 8.56. The molecule has 0 bridgehead atoms. The molecule has 1 aliphatic heterocycles. The van der Waals surface area contributed by atoms with Crippen molar-refractivity contribution in [2.45, 2.75) is 25.4 Å². The standard InChI is InChI=1S/C14H23N3O/c1-16(2)10-12-4-3-7-17(12)9-11-5-6-14(18)13(15)8-11/h5-6,8,12,18H,3-4,7,9-10,15H2,1-2H3. The van der Waals surface area contributed by atoms with Crippen molar-refractivity contribution in [3.63, 3.8) is 0 Å². The Morgan fingerprint density at radius 3 is 2.89 bits per heavy atom. The van der Waals surface area contributed by atoms with Crippen LogP contribution in [0.3, 0.4) is 0 Å². The van der Waals surface area contributed by atoms with Crippen molar-refractivity contribution in [3.8, 4) is 5.75 Å². The molecule has 4 nitrogen and oxygen atoms in total. The van der Waals surface area contributed by atoms with E-state index >= 15 is 0 Å². The first-order valence-electron chi connectivity index (χ1n) is 6.52. The van der Waals surface area contributed by atoms with Gasteiger partial charge in [-0.25, -0.2) is 0 Å². The SMILES string of the molecule is CN(C)CC1CCCN1Cc1ccc(O)c(N)c1. The average Bonchev–Trinajstić information content (AvgIpc) is 2.70. The van der Waals surface area contributed by atoms with Crippen molar-refractivity contribution in [1.82, 2.24) is 9.80 Å². The van der Waals surface area contributed by atoms with Crippen LogP contribution >= 0.6 is 0 Å². The van der Waals surface area contributed by atoms with E-state index in [2.05, 4.69) is 23.9 Å². The van der Waals surface area contributed by atoms with Gasteiger partial charge in [0.25, 0.3) is 0 Å². The lowest BCUT2D eigenvalue weighted by atomic mass is 10.1. The molecule has 0 spiro atoms. The van der Waals surface area contributed by atoms with Crippen LogP contribution in [0.2, 0.25) is 0 Å². The second kappa shape index (κ2) is 5.59. The highest BCUT2D eigenvalue weighted by molar-refractivity contribution is 5.53. The van der Waals surface area contributed by atoms with Crippen LogP contribution < -0.4 is 5.73 Å². The van der Waals surface area contributed by atoms with E-state index in [1.165, 1.54) is 18.4 Å². The maximum absolute atomic E-state index is 9.43. The van der Waals surface area contributed by atoms with Gasteiger partial charge in [0.1, 0.15) is 5.75 Å². The highest BCUT2D eigenvalue weighted by Gasteiger charge is 2.24. The fourth-order valence-corrected chi connectivity index (χ4v) is 2.67. The number of aromatic hydroxyl groups is 1. The summed E-state index contributed by atoms with van der Waals surface area (Å²) in [4.78, 5) is 4.75. The van der Waals surface area contributed by atoms with Crippen LogP contribution in [0.1, 0.15) is 18.4 Å². The molecule has 0 saturated carbocycles. The molecule has 0 radical (unpaired) electrons. The summed E-state index contributed by atoms with van der Waals surface area (Å²) in [6, 6.07) is 6.15. The Bertz CT molecular complexity index is 406. The Morgan fingerprint density at radius 1 is 1.44 bits per heavy atom. The first-order valence-corrected chi connectivity index (χ1v) is 6.52. The minimum Gasteiger partial charge on any atom is -0.506 e. The number of phenolic OH excluding ortho intramolecular Hbond substituents is 1. The Kier molecular flexibility index (Phi) is 4.09. The summed E-state index contributed by atoms with van der Waals surface area (Å²) in [5.74, 6) is 0.171. The van der Waals surface area contributed by atoms with Crippen molar-refractivity contribution in [1.29, 1.82) is 0 Å². The summed E-state index contributed by atoms with van der Waals surface area (Å²) in [6.45, 7) is 3.18. The molecule has 1 aromatic rings. The Hall–Kier alpha value is -1.26. The van der Waals surface area contributed by atoms with E-state index in [1.807, 2.05) is 12.1 Å². The lowest BCUT2D eigenvalue weighted by molar-refractivity contribution is 0.201. The number of likely N-dealkylation sites (N-methyl/N-ethyl adjacent to an activating group) is 1. The summed E-state index contributed by atoms with van der Waals surface area (Å²) in [5.41, 5.74) is 7.38. The summed E-state index contributed by atoms with van der Waals surface area (Å²) in [5, 5.41) is 9.43. The van der Waals surface area contributed by atoms with Crippen LogP contribution in [0.25, 0.3) is 0 Å². The molecule has 4 heteroatoms. The number of benzene rings is 1. The third kappa shape index (κ3) is 3.15. The Balaban J connectivity index is 2.01. The Morgan fingerprint density at radius 2 is 2.22 bits per heavy atom. The molecular formula is C14H23N3O. The number of nitrogens with two attached hydrogens (primary N) is 1. The molecule has 0 aliphatic carbocycles. The van der Waals surface area contributed by atoms with Gasteiger partial charge in [-0.05, 0) is 51.2 Å². The molecule has 1 aromatic carbocycles. The van der Waals surface area contributed by atoms with Gasteiger partial charge in [0.15, 0.2) is 0 Å². The highest BCUT2D eigenvalue weighted by atomic mass is 16.3. The quantitative estimate of drug-likeness (QED) is 0.627. The molecule has 0 amide bonds. The fourth-order valence-electron chi connectivity index (χ4n) is 2.67. The number of hydrogen-bond acceptors (Lipinski definition) is 4. The average molecular weight is 249 g/mol. The maximum Gasteiger partial charge on any atom is 0.138 e. The van der Waals surface area contributed by atoms with Gasteiger partial charge in [-0.2, -0.15) is 0 Å². The molecule has 3 N–H and O–H groups in total. The first kappa shape index (κ1) is 13.2. The number of anilines is 1. The number of phenols is 1. The van der Waals surface area contributed by atoms with Gasteiger partial charge in [0, 0.05) is 19.1 Å². The molecule has 18 heavy (non-hydrogen) atoms. The number of likely N-dealkylation sites (tertiary alicyclic amines) is 1. The number of hydrogen-bond donors (Lipinski definition) is 2. The van der Waals surface area contributed by atoms with Gasteiger partial charge in [0.2, 0.25) is 0 Å². The van der Waals surface area contributed by atoms with E-state index < -0.39 is 0 Å². The van der Waals surface area contributed by atoms with Crippen LogP contribution in [0.15, 0.2) is 18.2 Å². The third-order valence-electron chi connectivity index (χ3n) is 3.55. The normalized spacial score (nSPS) is 20.7.